The first-order valence-electron chi connectivity index (χ1n) is 6.11. The van der Waals surface area contributed by atoms with Crippen molar-refractivity contribution in [2.45, 2.75) is 18.9 Å². The molecule has 19 heavy (non-hydrogen) atoms. The number of carbonyl (C=O) groups excluding carboxylic acids is 2. The van der Waals surface area contributed by atoms with E-state index < -0.39 is 23.4 Å². The van der Waals surface area contributed by atoms with Gasteiger partial charge in [0.1, 0.15) is 0 Å². The van der Waals surface area contributed by atoms with E-state index in [4.69, 9.17) is 5.73 Å². The van der Waals surface area contributed by atoms with Crippen LogP contribution in [-0.2, 0) is 0 Å². The number of nitrogens with two attached hydrogens (primary N) is 1. The van der Waals surface area contributed by atoms with Crippen LogP contribution in [0, 0.1) is 17.6 Å². The van der Waals surface area contributed by atoms with E-state index >= 15 is 0 Å². The molecule has 100 valence electrons. The van der Waals surface area contributed by atoms with Gasteiger partial charge in [0.2, 0.25) is 0 Å². The lowest BCUT2D eigenvalue weighted by molar-refractivity contribution is 0.0570. The van der Waals surface area contributed by atoms with Crippen LogP contribution >= 0.6 is 0 Å². The van der Waals surface area contributed by atoms with Crippen LogP contribution in [-0.4, -0.2) is 29.3 Å². The zero-order chi connectivity index (χ0) is 13.7. The average molecular weight is 266 g/mol. The molecule has 0 radical (unpaired) electrons. The van der Waals surface area contributed by atoms with E-state index in [1.807, 2.05) is 0 Å². The van der Waals surface area contributed by atoms with Crippen LogP contribution in [0.15, 0.2) is 12.1 Å². The number of hydrogen-bond acceptors (Lipinski definition) is 3. The molecule has 1 aromatic rings. The minimum atomic E-state index is -1.13. The van der Waals surface area contributed by atoms with Crippen molar-refractivity contribution in [3.63, 3.8) is 0 Å². The number of carbonyl (C=O) groups is 2. The number of benzene rings is 1. The number of rotatable bonds is 3. The molecule has 1 heterocycles. The molecule has 3 rings (SSSR count). The first-order chi connectivity index (χ1) is 9.04. The Hall–Kier alpha value is -1.82. The molecule has 1 aliphatic carbocycles. The molecule has 1 aliphatic heterocycles. The van der Waals surface area contributed by atoms with Gasteiger partial charge >= 0.3 is 0 Å². The molecule has 2 N–H and O–H groups in total. The van der Waals surface area contributed by atoms with Gasteiger partial charge in [-0.25, -0.2) is 8.78 Å². The Labute approximate surface area is 108 Å². The predicted molar refractivity (Wildman–Crippen MR) is 62.4 cm³/mol. The smallest absolute Gasteiger partial charge is 0.261 e. The highest BCUT2D eigenvalue weighted by Crippen LogP contribution is 2.38. The Morgan fingerprint density at radius 1 is 1.16 bits per heavy atom. The summed E-state index contributed by atoms with van der Waals surface area (Å²) in [6.07, 6.45) is 1.83. The van der Waals surface area contributed by atoms with Crippen LogP contribution in [0.5, 0.6) is 0 Å². The Morgan fingerprint density at radius 3 is 2.00 bits per heavy atom. The van der Waals surface area contributed by atoms with Crippen LogP contribution in [0.2, 0.25) is 0 Å². The molecule has 4 nitrogen and oxygen atoms in total. The summed E-state index contributed by atoms with van der Waals surface area (Å²) in [4.78, 5) is 25.4. The van der Waals surface area contributed by atoms with E-state index in [2.05, 4.69) is 0 Å². The number of amides is 2. The van der Waals surface area contributed by atoms with Gasteiger partial charge in [-0.05, 0) is 30.9 Å². The maximum Gasteiger partial charge on any atom is 0.261 e. The van der Waals surface area contributed by atoms with Gasteiger partial charge in [0.25, 0.3) is 11.8 Å². The monoisotopic (exact) mass is 266 g/mol. The van der Waals surface area contributed by atoms with Gasteiger partial charge in [0.15, 0.2) is 11.6 Å². The number of imide groups is 1. The largest absolute Gasteiger partial charge is 0.328 e. The summed E-state index contributed by atoms with van der Waals surface area (Å²) in [5.74, 6) is -3.21. The Bertz CT molecular complexity index is 543. The summed E-state index contributed by atoms with van der Waals surface area (Å²) in [7, 11) is 0. The molecule has 1 aromatic carbocycles. The second-order valence-corrected chi connectivity index (χ2v) is 4.93. The molecule has 0 aromatic heterocycles. The van der Waals surface area contributed by atoms with Crippen molar-refractivity contribution in [2.24, 2.45) is 11.7 Å². The molecule has 2 amide bonds. The van der Waals surface area contributed by atoms with Crippen LogP contribution in [0.1, 0.15) is 33.6 Å². The second-order valence-electron chi connectivity index (χ2n) is 4.93. The van der Waals surface area contributed by atoms with Crippen LogP contribution in [0.4, 0.5) is 8.78 Å². The highest BCUT2D eigenvalue weighted by atomic mass is 19.2. The van der Waals surface area contributed by atoms with Gasteiger partial charge in [-0.2, -0.15) is 0 Å². The zero-order valence-corrected chi connectivity index (χ0v) is 10.0. The number of hydrogen-bond donors (Lipinski definition) is 1. The summed E-state index contributed by atoms with van der Waals surface area (Å²) in [6, 6.07) is 1.19. The minimum absolute atomic E-state index is 0.0806. The van der Waals surface area contributed by atoms with Crippen molar-refractivity contribution >= 4 is 11.8 Å². The van der Waals surface area contributed by atoms with E-state index in [1.165, 1.54) is 0 Å². The molecular formula is C13H12F2N2O2. The Balaban J connectivity index is 2.03. The molecular weight excluding hydrogens is 254 g/mol. The van der Waals surface area contributed by atoms with E-state index in [-0.39, 0.29) is 29.6 Å². The summed E-state index contributed by atoms with van der Waals surface area (Å²) in [5.41, 5.74) is 5.46. The molecule has 0 spiro atoms. The van der Waals surface area contributed by atoms with Crippen molar-refractivity contribution in [2.75, 3.05) is 6.54 Å². The number of halogens is 2. The molecule has 6 heteroatoms. The topological polar surface area (TPSA) is 63.4 Å². The Morgan fingerprint density at radius 2 is 1.63 bits per heavy atom. The highest BCUT2D eigenvalue weighted by Gasteiger charge is 2.45. The standard InChI is InChI=1S/C13H12F2N2O2/c14-9-3-7-8(4-10(9)15)13(19)17(12(7)18)11(5-16)6-1-2-6/h3-4,6,11H,1-2,5,16H2. The Kier molecular flexibility index (Phi) is 2.63. The lowest BCUT2D eigenvalue weighted by atomic mass is 10.1. The fourth-order valence-corrected chi connectivity index (χ4v) is 2.54. The van der Waals surface area contributed by atoms with Gasteiger partial charge in [0, 0.05) is 6.54 Å². The number of nitrogens with zero attached hydrogens (tertiary/aromatic N) is 1. The van der Waals surface area contributed by atoms with Gasteiger partial charge in [-0.3, -0.25) is 14.5 Å². The van der Waals surface area contributed by atoms with Crippen molar-refractivity contribution < 1.29 is 18.4 Å². The molecule has 1 saturated carbocycles. The summed E-state index contributed by atoms with van der Waals surface area (Å²) >= 11 is 0. The third-order valence-corrected chi connectivity index (χ3v) is 3.70. The van der Waals surface area contributed by atoms with E-state index in [0.717, 1.165) is 29.9 Å². The lowest BCUT2D eigenvalue weighted by Gasteiger charge is -2.24. The van der Waals surface area contributed by atoms with Gasteiger partial charge < -0.3 is 5.73 Å². The maximum atomic E-state index is 13.2. The first-order valence-corrected chi connectivity index (χ1v) is 6.11. The molecule has 0 saturated heterocycles. The summed E-state index contributed by atoms with van der Waals surface area (Å²) in [5, 5.41) is 0. The number of fused-ring (bicyclic) bond motifs is 1. The van der Waals surface area contributed by atoms with Crippen molar-refractivity contribution in [1.29, 1.82) is 0 Å². The van der Waals surface area contributed by atoms with Crippen LogP contribution < -0.4 is 5.73 Å². The maximum absolute atomic E-state index is 13.2. The zero-order valence-electron chi connectivity index (χ0n) is 10.0. The fourth-order valence-electron chi connectivity index (χ4n) is 2.54. The van der Waals surface area contributed by atoms with E-state index in [0.29, 0.717) is 0 Å². The third kappa shape index (κ3) is 1.74. The predicted octanol–water partition coefficient (Wildman–Crippen LogP) is 1.30. The lowest BCUT2D eigenvalue weighted by Crippen LogP contribution is -2.45. The summed E-state index contributed by atoms with van der Waals surface area (Å²) in [6.45, 7) is 0.168. The van der Waals surface area contributed by atoms with Crippen LogP contribution in [0.25, 0.3) is 0 Å². The molecule has 1 fully saturated rings. The van der Waals surface area contributed by atoms with Gasteiger partial charge in [0.05, 0.1) is 17.2 Å². The quantitative estimate of drug-likeness (QED) is 0.839. The third-order valence-electron chi connectivity index (χ3n) is 3.70. The fraction of sp³-hybridized carbons (Fsp3) is 0.385. The normalized spacial score (nSPS) is 19.8. The van der Waals surface area contributed by atoms with E-state index in [9.17, 15) is 18.4 Å². The molecule has 2 aliphatic rings. The van der Waals surface area contributed by atoms with E-state index in [1.54, 1.807) is 0 Å². The molecule has 1 unspecified atom stereocenters. The van der Waals surface area contributed by atoms with Crippen molar-refractivity contribution in [3.05, 3.63) is 34.9 Å². The van der Waals surface area contributed by atoms with Gasteiger partial charge in [-0.15, -0.1) is 0 Å². The van der Waals surface area contributed by atoms with Gasteiger partial charge in [-0.1, -0.05) is 0 Å². The molecule has 1 atom stereocenters. The SMILES string of the molecule is NCC(C1CC1)N1C(=O)c2cc(F)c(F)cc2C1=O. The highest BCUT2D eigenvalue weighted by molar-refractivity contribution is 6.21. The van der Waals surface area contributed by atoms with Crippen molar-refractivity contribution in [3.8, 4) is 0 Å². The first kappa shape index (κ1) is 12.2. The molecule has 0 bridgehead atoms. The average Bonchev–Trinajstić information content (AvgIpc) is 3.18. The van der Waals surface area contributed by atoms with Crippen molar-refractivity contribution in [1.82, 2.24) is 4.90 Å². The van der Waals surface area contributed by atoms with Crippen LogP contribution in [0.3, 0.4) is 0 Å². The summed E-state index contributed by atoms with van der Waals surface area (Å²) < 4.78 is 26.3. The second kappa shape index (κ2) is 4.09. The minimum Gasteiger partial charge on any atom is -0.328 e.